The molecule has 0 aromatic rings. The molecule has 1 aliphatic rings. The average molecular weight is 208 g/mol. The van der Waals surface area contributed by atoms with E-state index in [1.807, 2.05) is 0 Å². The third-order valence-electron chi connectivity index (χ3n) is 2.87. The number of hydrogen-bond donors (Lipinski definition) is 0. The van der Waals surface area contributed by atoms with E-state index in [0.717, 1.165) is 44.9 Å². The van der Waals surface area contributed by atoms with Gasteiger partial charge in [0.15, 0.2) is 0 Å². The van der Waals surface area contributed by atoms with E-state index in [4.69, 9.17) is 0 Å². The molecule has 0 spiro atoms. The predicted octanol–water partition coefficient (Wildman–Crippen LogP) is 2.14. The van der Waals surface area contributed by atoms with Crippen molar-refractivity contribution in [1.82, 2.24) is 0 Å². The van der Waals surface area contributed by atoms with Gasteiger partial charge in [0.05, 0.1) is 12.1 Å². The van der Waals surface area contributed by atoms with Crippen LogP contribution in [-0.4, -0.2) is 24.2 Å². The molecule has 0 heterocycles. The number of isocyanates is 2. The van der Waals surface area contributed by atoms with E-state index in [1.165, 1.54) is 0 Å². The fraction of sp³-hybridized carbons (Fsp3) is 0.818. The van der Waals surface area contributed by atoms with Gasteiger partial charge < -0.3 is 0 Å². The molecule has 1 saturated carbocycles. The maximum Gasteiger partial charge on any atom is 0.235 e. The first-order chi connectivity index (χ1) is 7.36. The van der Waals surface area contributed by atoms with E-state index in [1.54, 1.807) is 12.2 Å². The Hall–Kier alpha value is -1.24. The van der Waals surface area contributed by atoms with Crippen LogP contribution in [0.2, 0.25) is 0 Å². The highest BCUT2D eigenvalue weighted by atomic mass is 16.1. The number of rotatable bonds is 2. The Morgan fingerprint density at radius 1 is 0.733 bits per heavy atom. The molecule has 0 amide bonds. The van der Waals surface area contributed by atoms with Gasteiger partial charge >= 0.3 is 0 Å². The molecular weight excluding hydrogens is 192 g/mol. The maximum absolute atomic E-state index is 10.2. The van der Waals surface area contributed by atoms with Crippen LogP contribution in [-0.2, 0) is 9.59 Å². The summed E-state index contributed by atoms with van der Waals surface area (Å²) in [5, 5.41) is 0. The molecule has 0 aromatic carbocycles. The minimum absolute atomic E-state index is 0.126. The molecule has 2 atom stereocenters. The molecule has 15 heavy (non-hydrogen) atoms. The largest absolute Gasteiger partial charge is 0.235 e. The van der Waals surface area contributed by atoms with E-state index in [9.17, 15) is 9.59 Å². The van der Waals surface area contributed by atoms with Crippen LogP contribution in [0.15, 0.2) is 9.98 Å². The van der Waals surface area contributed by atoms with Gasteiger partial charge in [-0.15, -0.1) is 0 Å². The van der Waals surface area contributed by atoms with Gasteiger partial charge in [-0.05, 0) is 32.1 Å². The van der Waals surface area contributed by atoms with Crippen molar-refractivity contribution < 1.29 is 9.59 Å². The summed E-state index contributed by atoms with van der Waals surface area (Å²) in [6.45, 7) is 0. The number of nitrogens with zero attached hydrogens (tertiary/aromatic N) is 2. The highest BCUT2D eigenvalue weighted by Crippen LogP contribution is 2.20. The van der Waals surface area contributed by atoms with Gasteiger partial charge in [0.1, 0.15) is 0 Å². The van der Waals surface area contributed by atoms with Crippen LogP contribution in [0, 0.1) is 0 Å². The van der Waals surface area contributed by atoms with Gasteiger partial charge in [0.2, 0.25) is 12.2 Å². The summed E-state index contributed by atoms with van der Waals surface area (Å²) in [5.41, 5.74) is 0. The number of hydrogen-bond acceptors (Lipinski definition) is 4. The number of carbonyl (C=O) groups excluding carboxylic acids is 2. The second-order valence-electron chi connectivity index (χ2n) is 3.96. The van der Waals surface area contributed by atoms with Crippen LogP contribution in [0.3, 0.4) is 0 Å². The summed E-state index contributed by atoms with van der Waals surface area (Å²) in [5.74, 6) is 0. The van der Waals surface area contributed by atoms with E-state index in [2.05, 4.69) is 9.98 Å². The lowest BCUT2D eigenvalue weighted by atomic mass is 10.1. The lowest BCUT2D eigenvalue weighted by molar-refractivity contribution is 0.509. The van der Waals surface area contributed by atoms with Crippen molar-refractivity contribution >= 4 is 12.2 Å². The van der Waals surface area contributed by atoms with Crippen LogP contribution in [0.4, 0.5) is 0 Å². The highest BCUT2D eigenvalue weighted by Gasteiger charge is 2.14. The minimum atomic E-state index is 0.126. The molecule has 0 radical (unpaired) electrons. The molecular formula is C11H16N2O2. The van der Waals surface area contributed by atoms with Crippen LogP contribution < -0.4 is 0 Å². The SMILES string of the molecule is O=C=NC1CCCCC(N=C=O)CCC1. The molecule has 1 aliphatic carbocycles. The summed E-state index contributed by atoms with van der Waals surface area (Å²) in [4.78, 5) is 27.9. The van der Waals surface area contributed by atoms with Gasteiger partial charge in [-0.3, -0.25) is 0 Å². The van der Waals surface area contributed by atoms with E-state index in [0.29, 0.717) is 0 Å². The Kier molecular flexibility index (Phi) is 5.60. The molecule has 4 heteroatoms. The van der Waals surface area contributed by atoms with Gasteiger partial charge in [0.25, 0.3) is 0 Å². The van der Waals surface area contributed by atoms with Gasteiger partial charge in [0, 0.05) is 0 Å². The van der Waals surface area contributed by atoms with Crippen LogP contribution >= 0.6 is 0 Å². The fourth-order valence-electron chi connectivity index (χ4n) is 2.04. The van der Waals surface area contributed by atoms with Gasteiger partial charge in [-0.25, -0.2) is 19.6 Å². The summed E-state index contributed by atoms with van der Waals surface area (Å²) >= 11 is 0. The molecule has 0 bridgehead atoms. The minimum Gasteiger partial charge on any atom is -0.211 e. The molecule has 1 rings (SSSR count). The molecule has 2 unspecified atom stereocenters. The standard InChI is InChI=1S/C11H16N2O2/c14-8-12-10-4-1-2-5-11(13-9-15)7-3-6-10/h10-11H,1-7H2. The molecule has 82 valence electrons. The van der Waals surface area contributed by atoms with Crippen molar-refractivity contribution in [2.24, 2.45) is 9.98 Å². The van der Waals surface area contributed by atoms with Crippen molar-refractivity contribution in [3.8, 4) is 0 Å². The van der Waals surface area contributed by atoms with Gasteiger partial charge in [-0.2, -0.15) is 0 Å². The van der Waals surface area contributed by atoms with E-state index < -0.39 is 0 Å². The zero-order chi connectivity index (χ0) is 10.9. The first kappa shape index (κ1) is 11.8. The van der Waals surface area contributed by atoms with E-state index >= 15 is 0 Å². The average Bonchev–Trinajstić information content (AvgIpc) is 2.33. The third kappa shape index (κ3) is 4.68. The highest BCUT2D eigenvalue weighted by molar-refractivity contribution is 5.34. The topological polar surface area (TPSA) is 58.9 Å². The zero-order valence-electron chi connectivity index (χ0n) is 8.82. The Morgan fingerprint density at radius 2 is 1.13 bits per heavy atom. The summed E-state index contributed by atoms with van der Waals surface area (Å²) in [7, 11) is 0. The molecule has 4 nitrogen and oxygen atoms in total. The van der Waals surface area contributed by atoms with E-state index in [-0.39, 0.29) is 12.1 Å². The van der Waals surface area contributed by atoms with Crippen molar-refractivity contribution in [3.63, 3.8) is 0 Å². The quantitative estimate of drug-likeness (QED) is 0.515. The second-order valence-corrected chi connectivity index (χ2v) is 3.96. The van der Waals surface area contributed by atoms with Crippen molar-refractivity contribution in [1.29, 1.82) is 0 Å². The van der Waals surface area contributed by atoms with Crippen molar-refractivity contribution in [2.75, 3.05) is 0 Å². The second kappa shape index (κ2) is 7.10. The first-order valence-electron chi connectivity index (χ1n) is 5.50. The number of aliphatic imine (C=N–C) groups is 2. The summed E-state index contributed by atoms with van der Waals surface area (Å²) in [6, 6.07) is 0.253. The Bertz CT molecular complexity index is 250. The first-order valence-corrected chi connectivity index (χ1v) is 5.50. The Labute approximate surface area is 89.5 Å². The fourth-order valence-corrected chi connectivity index (χ4v) is 2.04. The Morgan fingerprint density at radius 3 is 1.53 bits per heavy atom. The normalized spacial score (nSPS) is 27.5. The third-order valence-corrected chi connectivity index (χ3v) is 2.87. The predicted molar refractivity (Wildman–Crippen MR) is 56.1 cm³/mol. The molecule has 1 fully saturated rings. The lowest BCUT2D eigenvalue weighted by Gasteiger charge is -2.08. The van der Waals surface area contributed by atoms with Crippen molar-refractivity contribution in [3.05, 3.63) is 0 Å². The molecule has 0 aromatic heterocycles. The smallest absolute Gasteiger partial charge is 0.211 e. The van der Waals surface area contributed by atoms with Crippen LogP contribution in [0.1, 0.15) is 44.9 Å². The summed E-state index contributed by atoms with van der Waals surface area (Å²) < 4.78 is 0. The van der Waals surface area contributed by atoms with Crippen LogP contribution in [0.25, 0.3) is 0 Å². The Balaban J connectivity index is 2.47. The lowest BCUT2D eigenvalue weighted by Crippen LogP contribution is -2.05. The van der Waals surface area contributed by atoms with Crippen molar-refractivity contribution in [2.45, 2.75) is 57.0 Å². The van der Waals surface area contributed by atoms with Gasteiger partial charge in [-0.1, -0.05) is 12.8 Å². The monoisotopic (exact) mass is 208 g/mol. The molecule has 0 aliphatic heterocycles. The maximum atomic E-state index is 10.2. The van der Waals surface area contributed by atoms with Crippen LogP contribution in [0.5, 0.6) is 0 Å². The summed E-state index contributed by atoms with van der Waals surface area (Å²) in [6.07, 6.45) is 10.0. The molecule has 0 saturated heterocycles. The zero-order valence-corrected chi connectivity index (χ0v) is 8.82. The molecule has 0 N–H and O–H groups in total.